The molecule has 26 heavy (non-hydrogen) atoms. The summed E-state index contributed by atoms with van der Waals surface area (Å²) in [6.45, 7) is 4.21. The van der Waals surface area contributed by atoms with Gasteiger partial charge in [0.05, 0.1) is 9.85 Å². The Labute approximate surface area is 157 Å². The van der Waals surface area contributed by atoms with Gasteiger partial charge in [-0.2, -0.15) is 0 Å². The molecule has 0 spiro atoms. The third-order valence-corrected chi connectivity index (χ3v) is 4.19. The maximum atomic E-state index is 11.1. The maximum Gasteiger partial charge on any atom is 0.242 e. The number of unbranched alkanes of at least 4 members (excludes halogenated alkanes) is 6. The summed E-state index contributed by atoms with van der Waals surface area (Å²) in [6.07, 6.45) is 17.1. The minimum atomic E-state index is -0.313. The molecule has 0 heterocycles. The fourth-order valence-electron chi connectivity index (χ4n) is 2.60. The van der Waals surface area contributed by atoms with Crippen molar-refractivity contribution >= 4 is 0 Å². The van der Waals surface area contributed by atoms with E-state index in [0.29, 0.717) is 25.7 Å². The standard InChI is InChI=1S/C20H34N2O4/c1-3-5-7-8-12-16-20(22(25)26)18-14-10-9-13-17-19(21(23)24)15-11-6-4-2/h9-10,17-18H,3-8,11-16H2,1-2H3/b10-9-,19-17+,20-18+. The molecular formula is C20H34N2O4. The number of nitro groups is 2. The van der Waals surface area contributed by atoms with Crippen molar-refractivity contribution in [3.8, 4) is 0 Å². The smallest absolute Gasteiger partial charge is 0.242 e. The third-order valence-electron chi connectivity index (χ3n) is 4.19. The zero-order valence-corrected chi connectivity index (χ0v) is 16.3. The van der Waals surface area contributed by atoms with E-state index in [2.05, 4.69) is 13.8 Å². The molecule has 6 heteroatoms. The van der Waals surface area contributed by atoms with E-state index in [1.807, 2.05) is 12.2 Å². The van der Waals surface area contributed by atoms with E-state index in [0.717, 1.165) is 44.9 Å². The summed E-state index contributed by atoms with van der Waals surface area (Å²) in [7, 11) is 0. The fraction of sp³-hybridized carbons (Fsp3) is 0.700. The molecule has 0 amide bonds. The molecule has 0 aromatic carbocycles. The Kier molecular flexibility index (Phi) is 15.2. The maximum absolute atomic E-state index is 11.1. The van der Waals surface area contributed by atoms with Crippen molar-refractivity contribution in [3.63, 3.8) is 0 Å². The van der Waals surface area contributed by atoms with Gasteiger partial charge in [-0.1, -0.05) is 64.5 Å². The summed E-state index contributed by atoms with van der Waals surface area (Å²) < 4.78 is 0. The Morgan fingerprint density at radius 1 is 0.692 bits per heavy atom. The van der Waals surface area contributed by atoms with E-state index in [-0.39, 0.29) is 21.2 Å². The normalized spacial score (nSPS) is 12.7. The van der Waals surface area contributed by atoms with E-state index in [1.165, 1.54) is 6.42 Å². The van der Waals surface area contributed by atoms with Crippen LogP contribution in [0.2, 0.25) is 0 Å². The van der Waals surface area contributed by atoms with Crippen LogP contribution in [-0.4, -0.2) is 9.85 Å². The lowest BCUT2D eigenvalue weighted by Gasteiger charge is -1.99. The largest absolute Gasteiger partial charge is 0.259 e. The first kappa shape index (κ1) is 24.0. The highest BCUT2D eigenvalue weighted by molar-refractivity contribution is 5.02. The lowest BCUT2D eigenvalue weighted by molar-refractivity contribution is -0.428. The molecule has 0 bridgehead atoms. The summed E-state index contributed by atoms with van der Waals surface area (Å²) in [4.78, 5) is 21.4. The number of hydrogen-bond donors (Lipinski definition) is 0. The molecule has 0 rings (SSSR count). The van der Waals surface area contributed by atoms with Crippen LogP contribution in [0.1, 0.15) is 90.9 Å². The molecule has 0 saturated carbocycles. The molecular weight excluding hydrogens is 332 g/mol. The molecule has 0 radical (unpaired) electrons. The monoisotopic (exact) mass is 366 g/mol. The Balaban J connectivity index is 4.31. The van der Waals surface area contributed by atoms with Gasteiger partial charge in [0, 0.05) is 12.8 Å². The zero-order chi connectivity index (χ0) is 19.6. The Morgan fingerprint density at radius 3 is 1.50 bits per heavy atom. The van der Waals surface area contributed by atoms with E-state index < -0.39 is 0 Å². The quantitative estimate of drug-likeness (QED) is 0.133. The lowest BCUT2D eigenvalue weighted by Crippen LogP contribution is -1.99. The van der Waals surface area contributed by atoms with Crippen LogP contribution in [0, 0.1) is 20.2 Å². The van der Waals surface area contributed by atoms with Gasteiger partial charge in [0.25, 0.3) is 0 Å². The van der Waals surface area contributed by atoms with Crippen molar-refractivity contribution < 1.29 is 9.85 Å². The predicted molar refractivity (Wildman–Crippen MR) is 106 cm³/mol. The van der Waals surface area contributed by atoms with Gasteiger partial charge >= 0.3 is 0 Å². The number of allylic oxidation sites excluding steroid dienone is 6. The summed E-state index contributed by atoms with van der Waals surface area (Å²) in [5.74, 6) is 0. The number of rotatable bonds is 16. The first-order valence-electron chi connectivity index (χ1n) is 9.84. The highest BCUT2D eigenvalue weighted by Crippen LogP contribution is 2.13. The van der Waals surface area contributed by atoms with Crippen molar-refractivity contribution in [1.29, 1.82) is 0 Å². The van der Waals surface area contributed by atoms with E-state index in [4.69, 9.17) is 0 Å². The van der Waals surface area contributed by atoms with Gasteiger partial charge in [0.2, 0.25) is 11.4 Å². The van der Waals surface area contributed by atoms with E-state index in [9.17, 15) is 20.2 Å². The zero-order valence-electron chi connectivity index (χ0n) is 16.3. The highest BCUT2D eigenvalue weighted by atomic mass is 16.6. The molecule has 0 aliphatic carbocycles. The number of hydrogen-bond acceptors (Lipinski definition) is 4. The van der Waals surface area contributed by atoms with Crippen LogP contribution >= 0.6 is 0 Å². The minimum absolute atomic E-state index is 0.261. The Bertz CT molecular complexity index is 496. The Hall–Kier alpha value is -1.98. The molecule has 0 aliphatic rings. The van der Waals surface area contributed by atoms with Crippen LogP contribution in [0.5, 0.6) is 0 Å². The van der Waals surface area contributed by atoms with Crippen molar-refractivity contribution in [2.75, 3.05) is 0 Å². The van der Waals surface area contributed by atoms with E-state index in [1.54, 1.807) is 12.2 Å². The SMILES string of the molecule is CCCCCCC/C(=C\C/C=C\C/C=C(\CCCCC)[N+](=O)[O-])[N+](=O)[O-]. The van der Waals surface area contributed by atoms with Crippen molar-refractivity contribution in [2.45, 2.75) is 90.9 Å². The van der Waals surface area contributed by atoms with Crippen molar-refractivity contribution in [2.24, 2.45) is 0 Å². The molecule has 0 saturated heterocycles. The Morgan fingerprint density at radius 2 is 1.08 bits per heavy atom. The van der Waals surface area contributed by atoms with Gasteiger partial charge in [-0.3, -0.25) is 20.2 Å². The molecule has 0 fully saturated rings. The summed E-state index contributed by atoms with van der Waals surface area (Å²) >= 11 is 0. The fourth-order valence-corrected chi connectivity index (χ4v) is 2.60. The van der Waals surface area contributed by atoms with Crippen LogP contribution in [0.25, 0.3) is 0 Å². The highest BCUT2D eigenvalue weighted by Gasteiger charge is 2.09. The predicted octanol–water partition coefficient (Wildman–Crippen LogP) is 6.58. The average molecular weight is 367 g/mol. The lowest BCUT2D eigenvalue weighted by atomic mass is 10.1. The summed E-state index contributed by atoms with van der Waals surface area (Å²) in [6, 6.07) is 0. The molecule has 6 nitrogen and oxygen atoms in total. The molecule has 0 aromatic rings. The minimum Gasteiger partial charge on any atom is -0.259 e. The summed E-state index contributed by atoms with van der Waals surface area (Å²) in [5, 5.41) is 22.0. The van der Waals surface area contributed by atoms with Gasteiger partial charge < -0.3 is 0 Å². The molecule has 0 unspecified atom stereocenters. The second-order valence-corrected chi connectivity index (χ2v) is 6.47. The molecule has 0 aromatic heterocycles. The van der Waals surface area contributed by atoms with Gasteiger partial charge in [0.15, 0.2) is 0 Å². The van der Waals surface area contributed by atoms with Crippen LogP contribution < -0.4 is 0 Å². The van der Waals surface area contributed by atoms with Gasteiger partial charge in [0.1, 0.15) is 0 Å². The molecule has 0 atom stereocenters. The van der Waals surface area contributed by atoms with Gasteiger partial charge in [-0.25, -0.2) is 0 Å². The first-order valence-corrected chi connectivity index (χ1v) is 9.84. The first-order chi connectivity index (χ1) is 12.5. The second-order valence-electron chi connectivity index (χ2n) is 6.47. The van der Waals surface area contributed by atoms with E-state index >= 15 is 0 Å². The topological polar surface area (TPSA) is 86.3 Å². The number of nitrogens with zero attached hydrogens (tertiary/aromatic N) is 2. The third kappa shape index (κ3) is 13.3. The van der Waals surface area contributed by atoms with Crippen molar-refractivity contribution in [1.82, 2.24) is 0 Å². The van der Waals surface area contributed by atoms with Crippen LogP contribution in [0.4, 0.5) is 0 Å². The van der Waals surface area contributed by atoms with Crippen molar-refractivity contribution in [3.05, 3.63) is 55.9 Å². The molecule has 0 aliphatic heterocycles. The van der Waals surface area contributed by atoms with Crippen LogP contribution in [0.3, 0.4) is 0 Å². The van der Waals surface area contributed by atoms with Crippen LogP contribution in [-0.2, 0) is 0 Å². The summed E-state index contributed by atoms with van der Waals surface area (Å²) in [5.41, 5.74) is 0.531. The van der Waals surface area contributed by atoms with Crippen LogP contribution in [0.15, 0.2) is 35.7 Å². The molecule has 0 N–H and O–H groups in total. The van der Waals surface area contributed by atoms with Gasteiger partial charge in [-0.05, 0) is 37.8 Å². The second kappa shape index (κ2) is 16.5. The average Bonchev–Trinajstić information content (AvgIpc) is 2.60. The van der Waals surface area contributed by atoms with Gasteiger partial charge in [-0.15, -0.1) is 0 Å². The molecule has 148 valence electrons.